The Bertz CT molecular complexity index is 490. The van der Waals surface area contributed by atoms with E-state index in [2.05, 4.69) is 10.4 Å². The van der Waals surface area contributed by atoms with E-state index >= 15 is 0 Å². The van der Waals surface area contributed by atoms with Crippen LogP contribution in [0, 0.1) is 0 Å². The molecule has 0 atom stereocenters. The molecule has 1 aromatic rings. The number of aliphatic carboxylic acids is 1. The first-order valence-electron chi connectivity index (χ1n) is 7.05. The molecule has 2 rings (SSSR count). The van der Waals surface area contributed by atoms with Crippen molar-refractivity contribution in [2.75, 3.05) is 0 Å². The Morgan fingerprint density at radius 1 is 1.40 bits per heavy atom. The average molecular weight is 279 g/mol. The summed E-state index contributed by atoms with van der Waals surface area (Å²) >= 11 is 0. The first-order chi connectivity index (χ1) is 9.53. The second-order valence-corrected chi connectivity index (χ2v) is 5.44. The van der Waals surface area contributed by atoms with E-state index in [1.54, 1.807) is 10.9 Å². The molecule has 0 radical (unpaired) electrons. The number of carboxylic acid groups (broad SMARTS) is 1. The van der Waals surface area contributed by atoms with Crippen molar-refractivity contribution in [2.45, 2.75) is 50.5 Å². The van der Waals surface area contributed by atoms with Gasteiger partial charge in [-0.15, -0.1) is 0 Å². The van der Waals surface area contributed by atoms with Crippen LogP contribution in [0.25, 0.3) is 0 Å². The zero-order valence-electron chi connectivity index (χ0n) is 11.8. The van der Waals surface area contributed by atoms with Crippen LogP contribution in [0.1, 0.15) is 44.2 Å². The maximum absolute atomic E-state index is 12.0. The maximum Gasteiger partial charge on any atom is 0.329 e. The van der Waals surface area contributed by atoms with E-state index in [0.717, 1.165) is 25.0 Å². The van der Waals surface area contributed by atoms with E-state index in [-0.39, 0.29) is 12.3 Å². The van der Waals surface area contributed by atoms with Crippen molar-refractivity contribution in [3.8, 4) is 0 Å². The minimum atomic E-state index is -1.05. The fraction of sp³-hybridized carbons (Fsp3) is 0.643. The van der Waals surface area contributed by atoms with E-state index < -0.39 is 11.5 Å². The molecule has 0 aliphatic heterocycles. The molecular formula is C14H21N3O3. The van der Waals surface area contributed by atoms with Crippen molar-refractivity contribution in [1.29, 1.82) is 0 Å². The minimum absolute atomic E-state index is 0.199. The second-order valence-electron chi connectivity index (χ2n) is 5.44. The highest BCUT2D eigenvalue weighted by atomic mass is 16.4. The maximum atomic E-state index is 12.0. The first-order valence-corrected chi connectivity index (χ1v) is 7.05. The van der Waals surface area contributed by atoms with Crippen molar-refractivity contribution in [3.05, 3.63) is 18.0 Å². The topological polar surface area (TPSA) is 84.2 Å². The molecule has 110 valence electrons. The summed E-state index contributed by atoms with van der Waals surface area (Å²) in [5.41, 5.74) is -0.0879. The van der Waals surface area contributed by atoms with E-state index in [1.807, 2.05) is 13.1 Å². The third kappa shape index (κ3) is 3.18. The fourth-order valence-electron chi connectivity index (χ4n) is 2.77. The number of nitrogens with zero attached hydrogens (tertiary/aromatic N) is 2. The number of aryl methyl sites for hydroxylation is 2. The molecule has 1 aliphatic rings. The molecule has 1 heterocycles. The summed E-state index contributed by atoms with van der Waals surface area (Å²) < 4.78 is 1.72. The molecule has 6 nitrogen and oxygen atoms in total. The fourth-order valence-corrected chi connectivity index (χ4v) is 2.77. The van der Waals surface area contributed by atoms with Crippen LogP contribution in [-0.2, 0) is 23.1 Å². The summed E-state index contributed by atoms with van der Waals surface area (Å²) in [5.74, 6) is -1.11. The van der Waals surface area contributed by atoms with Crippen molar-refractivity contribution < 1.29 is 14.7 Å². The van der Waals surface area contributed by atoms with Crippen LogP contribution >= 0.6 is 0 Å². The molecule has 20 heavy (non-hydrogen) atoms. The Hall–Kier alpha value is -1.85. The lowest BCUT2D eigenvalue weighted by molar-refractivity contribution is -0.149. The predicted molar refractivity (Wildman–Crippen MR) is 73.1 cm³/mol. The molecule has 0 bridgehead atoms. The van der Waals surface area contributed by atoms with E-state index in [4.69, 9.17) is 0 Å². The van der Waals surface area contributed by atoms with Crippen LogP contribution in [0.2, 0.25) is 0 Å². The highest BCUT2D eigenvalue weighted by molar-refractivity contribution is 5.87. The number of nitrogens with one attached hydrogen (secondary N) is 1. The molecule has 0 unspecified atom stereocenters. The lowest BCUT2D eigenvalue weighted by Crippen LogP contribution is -2.55. The second kappa shape index (κ2) is 6.07. The summed E-state index contributed by atoms with van der Waals surface area (Å²) in [5, 5.41) is 16.2. The van der Waals surface area contributed by atoms with Gasteiger partial charge < -0.3 is 10.4 Å². The Morgan fingerprint density at radius 2 is 2.10 bits per heavy atom. The Morgan fingerprint density at radius 3 is 2.65 bits per heavy atom. The van der Waals surface area contributed by atoms with Gasteiger partial charge in [0.1, 0.15) is 5.54 Å². The number of carbonyl (C=O) groups is 2. The van der Waals surface area contributed by atoms with Crippen molar-refractivity contribution in [3.63, 3.8) is 0 Å². The third-order valence-corrected chi connectivity index (χ3v) is 4.03. The van der Waals surface area contributed by atoms with Crippen molar-refractivity contribution in [1.82, 2.24) is 15.1 Å². The number of carboxylic acids is 1. The predicted octanol–water partition coefficient (Wildman–Crippen LogP) is 1.26. The van der Waals surface area contributed by atoms with Gasteiger partial charge in [0.05, 0.1) is 0 Å². The lowest BCUT2D eigenvalue weighted by atomic mass is 9.81. The van der Waals surface area contributed by atoms with E-state index in [0.29, 0.717) is 19.3 Å². The largest absolute Gasteiger partial charge is 0.480 e. The summed E-state index contributed by atoms with van der Waals surface area (Å²) in [7, 11) is 1.83. The van der Waals surface area contributed by atoms with E-state index in [1.165, 1.54) is 0 Å². The number of hydrogen-bond donors (Lipinski definition) is 2. The molecular weight excluding hydrogens is 258 g/mol. The van der Waals surface area contributed by atoms with Crippen LogP contribution in [0.15, 0.2) is 12.3 Å². The smallest absolute Gasteiger partial charge is 0.329 e. The standard InChI is InChI=1S/C14H21N3O3/c1-17-11(7-10-15-17)5-6-12(18)16-14(13(19)20)8-3-2-4-9-14/h7,10H,2-6,8-9H2,1H3,(H,16,18)(H,19,20). The van der Waals surface area contributed by atoms with Gasteiger partial charge in [0.15, 0.2) is 0 Å². The summed E-state index contributed by atoms with van der Waals surface area (Å²) in [4.78, 5) is 23.5. The van der Waals surface area contributed by atoms with Gasteiger partial charge in [-0.05, 0) is 25.3 Å². The molecule has 0 spiro atoms. The molecule has 2 N–H and O–H groups in total. The highest BCUT2D eigenvalue weighted by Crippen LogP contribution is 2.28. The molecule has 1 fully saturated rings. The Labute approximate surface area is 118 Å². The van der Waals surface area contributed by atoms with Gasteiger partial charge in [0, 0.05) is 25.4 Å². The molecule has 1 amide bonds. The Balaban J connectivity index is 1.92. The van der Waals surface area contributed by atoms with E-state index in [9.17, 15) is 14.7 Å². The van der Waals surface area contributed by atoms with Crippen LogP contribution in [0.5, 0.6) is 0 Å². The Kier molecular flexibility index (Phi) is 4.42. The van der Waals surface area contributed by atoms with Gasteiger partial charge >= 0.3 is 5.97 Å². The summed E-state index contributed by atoms with van der Waals surface area (Å²) in [6.07, 6.45) is 6.35. The van der Waals surface area contributed by atoms with Crippen molar-refractivity contribution in [2.24, 2.45) is 7.05 Å². The van der Waals surface area contributed by atoms with Gasteiger partial charge in [0.25, 0.3) is 0 Å². The number of hydrogen-bond acceptors (Lipinski definition) is 3. The SMILES string of the molecule is Cn1nccc1CCC(=O)NC1(C(=O)O)CCCCC1. The first kappa shape index (κ1) is 14.6. The van der Waals surface area contributed by atoms with Gasteiger partial charge in [-0.1, -0.05) is 19.3 Å². The molecule has 1 saturated carbocycles. The van der Waals surface area contributed by atoms with Gasteiger partial charge in [-0.2, -0.15) is 5.10 Å². The van der Waals surface area contributed by atoms with Gasteiger partial charge in [0.2, 0.25) is 5.91 Å². The third-order valence-electron chi connectivity index (χ3n) is 4.03. The van der Waals surface area contributed by atoms with Crippen molar-refractivity contribution >= 4 is 11.9 Å². The lowest BCUT2D eigenvalue weighted by Gasteiger charge is -2.34. The zero-order chi connectivity index (χ0) is 14.6. The zero-order valence-corrected chi connectivity index (χ0v) is 11.8. The van der Waals surface area contributed by atoms with Crippen LogP contribution in [0.3, 0.4) is 0 Å². The molecule has 6 heteroatoms. The number of carbonyl (C=O) groups excluding carboxylic acids is 1. The molecule has 1 aliphatic carbocycles. The molecule has 0 saturated heterocycles. The number of amides is 1. The number of rotatable bonds is 5. The van der Waals surface area contributed by atoms with Gasteiger partial charge in [-0.25, -0.2) is 4.79 Å². The quantitative estimate of drug-likeness (QED) is 0.849. The monoisotopic (exact) mass is 279 g/mol. The molecule has 0 aromatic carbocycles. The van der Waals surface area contributed by atoms with Gasteiger partial charge in [-0.3, -0.25) is 9.48 Å². The summed E-state index contributed by atoms with van der Waals surface area (Å²) in [6, 6.07) is 1.86. The summed E-state index contributed by atoms with van der Waals surface area (Å²) in [6.45, 7) is 0. The molecule has 1 aromatic heterocycles. The van der Waals surface area contributed by atoms with Crippen LogP contribution in [-0.4, -0.2) is 32.3 Å². The highest BCUT2D eigenvalue weighted by Gasteiger charge is 2.40. The minimum Gasteiger partial charge on any atom is -0.480 e. The average Bonchev–Trinajstić information content (AvgIpc) is 2.83. The normalized spacial score (nSPS) is 17.6. The number of aromatic nitrogens is 2. The van der Waals surface area contributed by atoms with Crippen LogP contribution in [0.4, 0.5) is 0 Å². The van der Waals surface area contributed by atoms with Crippen LogP contribution < -0.4 is 5.32 Å².